The second kappa shape index (κ2) is 8.78. The molecule has 0 heterocycles. The summed E-state index contributed by atoms with van der Waals surface area (Å²) in [5, 5.41) is 11.0. The maximum absolute atomic E-state index is 11.0. The van der Waals surface area contributed by atoms with Crippen LogP contribution in [0.4, 0.5) is 0 Å². The highest BCUT2D eigenvalue weighted by molar-refractivity contribution is 6.43. The molecule has 18 heavy (non-hydrogen) atoms. The highest BCUT2D eigenvalue weighted by atomic mass is 16.6. The van der Waals surface area contributed by atoms with Crippen molar-refractivity contribution in [2.24, 2.45) is 0 Å². The first-order valence-electron chi connectivity index (χ1n) is 6.72. The van der Waals surface area contributed by atoms with E-state index in [9.17, 15) is 10.1 Å². The van der Waals surface area contributed by atoms with Crippen LogP contribution in [-0.4, -0.2) is 24.2 Å². The zero-order valence-corrected chi connectivity index (χ0v) is 12.3. The molecule has 0 radical (unpaired) electrons. The quantitative estimate of drug-likeness (QED) is 0.288. The molecular formula is C13H25BN2O2. The first-order chi connectivity index (χ1) is 8.49. The molecule has 0 atom stereocenters. The van der Waals surface area contributed by atoms with E-state index in [0.29, 0.717) is 0 Å². The predicted molar refractivity (Wildman–Crippen MR) is 78.4 cm³/mol. The number of nitro groups is 1. The average Bonchev–Trinajstić information content (AvgIpc) is 2.35. The molecule has 0 aliphatic heterocycles. The fourth-order valence-electron chi connectivity index (χ4n) is 2.05. The molecular weight excluding hydrogens is 227 g/mol. The van der Waals surface area contributed by atoms with Crippen LogP contribution in [0.3, 0.4) is 0 Å². The van der Waals surface area contributed by atoms with E-state index in [4.69, 9.17) is 0 Å². The molecule has 102 valence electrons. The Kier molecular flexibility index (Phi) is 8.17. The van der Waals surface area contributed by atoms with Gasteiger partial charge in [-0.3, -0.25) is 10.1 Å². The Bertz CT molecular complexity index is 338. The van der Waals surface area contributed by atoms with Crippen LogP contribution in [0.5, 0.6) is 0 Å². The Hall–Kier alpha value is -1.26. The molecule has 0 amide bonds. The van der Waals surface area contributed by atoms with Gasteiger partial charge in [0.25, 0.3) is 5.70 Å². The molecule has 0 saturated carbocycles. The van der Waals surface area contributed by atoms with Crippen molar-refractivity contribution in [2.75, 3.05) is 7.05 Å². The minimum atomic E-state index is -0.277. The van der Waals surface area contributed by atoms with Gasteiger partial charge in [0.15, 0.2) is 7.28 Å². The highest BCUT2D eigenvalue weighted by Crippen LogP contribution is 2.20. The Morgan fingerprint density at radius 3 is 2.44 bits per heavy atom. The molecule has 0 aromatic heterocycles. The monoisotopic (exact) mass is 252 g/mol. The molecule has 0 unspecified atom stereocenters. The van der Waals surface area contributed by atoms with Crippen LogP contribution in [0.25, 0.3) is 0 Å². The maximum atomic E-state index is 11.0. The van der Waals surface area contributed by atoms with E-state index in [1.807, 2.05) is 24.9 Å². The van der Waals surface area contributed by atoms with Gasteiger partial charge in [0.2, 0.25) is 0 Å². The zero-order valence-electron chi connectivity index (χ0n) is 12.3. The van der Waals surface area contributed by atoms with Crippen molar-refractivity contribution in [1.82, 2.24) is 4.90 Å². The van der Waals surface area contributed by atoms with Crippen molar-refractivity contribution in [2.45, 2.75) is 53.3 Å². The van der Waals surface area contributed by atoms with Crippen molar-refractivity contribution >= 4 is 7.28 Å². The third kappa shape index (κ3) is 4.94. The van der Waals surface area contributed by atoms with Crippen molar-refractivity contribution < 1.29 is 4.92 Å². The third-order valence-electron chi connectivity index (χ3n) is 3.24. The largest absolute Gasteiger partial charge is 0.356 e. The van der Waals surface area contributed by atoms with Gasteiger partial charge in [-0.2, -0.15) is 0 Å². The lowest BCUT2D eigenvalue weighted by molar-refractivity contribution is -0.426. The number of hydrogen-bond donors (Lipinski definition) is 0. The van der Waals surface area contributed by atoms with E-state index in [-0.39, 0.29) is 10.6 Å². The molecule has 0 N–H and O–H groups in total. The van der Waals surface area contributed by atoms with Crippen LogP contribution in [-0.2, 0) is 0 Å². The van der Waals surface area contributed by atoms with Gasteiger partial charge in [-0.25, -0.2) is 0 Å². The Morgan fingerprint density at radius 1 is 1.44 bits per heavy atom. The summed E-state index contributed by atoms with van der Waals surface area (Å²) in [6, 6.07) is 0. The zero-order chi connectivity index (χ0) is 14.1. The minimum Gasteiger partial charge on any atom is -0.356 e. The van der Waals surface area contributed by atoms with Crippen molar-refractivity contribution in [3.63, 3.8) is 0 Å². The summed E-state index contributed by atoms with van der Waals surface area (Å²) in [6.07, 6.45) is 6.03. The molecule has 0 spiro atoms. The molecule has 4 nitrogen and oxygen atoms in total. The van der Waals surface area contributed by atoms with Gasteiger partial charge in [0.1, 0.15) is 0 Å². The number of allylic oxidation sites excluding steroid dienone is 3. The fraction of sp³-hybridized carbons (Fsp3) is 0.692. The van der Waals surface area contributed by atoms with E-state index in [0.717, 1.165) is 44.3 Å². The van der Waals surface area contributed by atoms with E-state index >= 15 is 0 Å². The fourth-order valence-corrected chi connectivity index (χ4v) is 2.05. The van der Waals surface area contributed by atoms with Crippen LogP contribution in [0, 0.1) is 10.1 Å². The molecule has 0 saturated heterocycles. The average molecular weight is 252 g/mol. The molecule has 0 aromatic rings. The second-order valence-corrected chi connectivity index (χ2v) is 4.44. The third-order valence-corrected chi connectivity index (χ3v) is 3.24. The Morgan fingerprint density at radius 2 is 2.06 bits per heavy atom. The summed E-state index contributed by atoms with van der Waals surface area (Å²) in [7, 11) is 2.81. The van der Waals surface area contributed by atoms with Gasteiger partial charge in [-0.05, 0) is 25.4 Å². The summed E-state index contributed by atoms with van der Waals surface area (Å²) in [6.45, 7) is 7.77. The Labute approximate surface area is 111 Å². The first-order valence-corrected chi connectivity index (χ1v) is 6.72. The van der Waals surface area contributed by atoms with Gasteiger partial charge in [0, 0.05) is 14.0 Å². The van der Waals surface area contributed by atoms with Crippen molar-refractivity contribution in [1.29, 1.82) is 0 Å². The number of unbranched alkanes of at least 4 members (excludes halogenated alkanes) is 2. The van der Waals surface area contributed by atoms with E-state index in [1.165, 1.54) is 0 Å². The summed E-state index contributed by atoms with van der Waals surface area (Å²) in [4.78, 5) is 12.7. The molecule has 0 aromatic carbocycles. The molecule has 0 fully saturated rings. The number of nitrogens with zero attached hydrogens (tertiary/aromatic N) is 2. The Balaban J connectivity index is 5.09. The van der Waals surface area contributed by atoms with E-state index in [2.05, 4.69) is 13.7 Å². The van der Waals surface area contributed by atoms with Crippen LogP contribution in [0.15, 0.2) is 23.1 Å². The lowest BCUT2D eigenvalue weighted by atomic mass is 9.76. The van der Waals surface area contributed by atoms with Crippen LogP contribution >= 0.6 is 0 Å². The summed E-state index contributed by atoms with van der Waals surface area (Å²) in [5.41, 5.74) is 2.23. The molecule has 5 heteroatoms. The smallest absolute Gasteiger partial charge is 0.262 e. The first kappa shape index (κ1) is 16.7. The lowest BCUT2D eigenvalue weighted by Crippen LogP contribution is -2.23. The highest BCUT2D eigenvalue weighted by Gasteiger charge is 2.18. The van der Waals surface area contributed by atoms with Gasteiger partial charge >= 0.3 is 0 Å². The summed E-state index contributed by atoms with van der Waals surface area (Å²) in [5.74, 6) is 0. The van der Waals surface area contributed by atoms with E-state index < -0.39 is 0 Å². The van der Waals surface area contributed by atoms with Crippen LogP contribution < -0.4 is 0 Å². The normalized spacial score (nSPS) is 13.1. The number of rotatable bonds is 8. The minimum absolute atomic E-state index is 0.265. The van der Waals surface area contributed by atoms with Gasteiger partial charge in [-0.1, -0.05) is 32.7 Å². The van der Waals surface area contributed by atoms with Crippen molar-refractivity contribution in [3.05, 3.63) is 33.2 Å². The topological polar surface area (TPSA) is 46.4 Å². The van der Waals surface area contributed by atoms with Gasteiger partial charge < -0.3 is 4.90 Å². The number of hydrogen-bond acceptors (Lipinski definition) is 3. The van der Waals surface area contributed by atoms with Gasteiger partial charge in [-0.15, -0.1) is 0 Å². The lowest BCUT2D eigenvalue weighted by Gasteiger charge is -2.24. The van der Waals surface area contributed by atoms with Crippen molar-refractivity contribution in [3.8, 4) is 0 Å². The van der Waals surface area contributed by atoms with E-state index in [1.54, 1.807) is 6.92 Å². The maximum Gasteiger partial charge on any atom is 0.262 e. The second-order valence-electron chi connectivity index (χ2n) is 4.44. The van der Waals surface area contributed by atoms with Crippen LogP contribution in [0.1, 0.15) is 46.5 Å². The van der Waals surface area contributed by atoms with Crippen LogP contribution in [0.2, 0.25) is 6.82 Å². The molecule has 0 bridgehead atoms. The molecule has 0 aliphatic rings. The summed E-state index contributed by atoms with van der Waals surface area (Å²) < 4.78 is 0. The van der Waals surface area contributed by atoms with Gasteiger partial charge in [0.05, 0.1) is 10.6 Å². The standard InChI is InChI=1S/C13H25BN2O2/c1-6-8-9-10-12(11(3)16(17)18)15(5)13(7-2)14-4/h7,14H,6,8-10H2,1-5H3/b12-11+,13-7+. The SMILES string of the molecule is CB/C(=C\C)N(C)/C(CCCCC)=C(\C)[N+](=O)[O-]. The molecule has 0 aliphatic carbocycles. The predicted octanol–water partition coefficient (Wildman–Crippen LogP) is 3.35. The summed E-state index contributed by atoms with van der Waals surface area (Å²) >= 11 is 0. The molecule has 0 rings (SSSR count).